The number of pyridine rings is 1. The van der Waals surface area contributed by atoms with Gasteiger partial charge in [-0.3, -0.25) is 0 Å². The quantitative estimate of drug-likeness (QED) is 0.765. The number of halogens is 1. The molecule has 1 rings (SSSR count). The van der Waals surface area contributed by atoms with Gasteiger partial charge in [0.2, 0.25) is 0 Å². The molecule has 0 unspecified atom stereocenters. The van der Waals surface area contributed by atoms with Crippen LogP contribution in [0.3, 0.4) is 0 Å². The molecule has 0 saturated heterocycles. The van der Waals surface area contributed by atoms with E-state index in [9.17, 15) is 0 Å². The van der Waals surface area contributed by atoms with Crippen LogP contribution >= 0.6 is 27.7 Å². The molecular weight excluding hydrogens is 252 g/mol. The minimum atomic E-state index is 0.396. The Morgan fingerprint density at radius 2 is 2.38 bits per heavy atom. The topological polar surface area (TPSA) is 45.9 Å². The van der Waals surface area contributed by atoms with Gasteiger partial charge in [0.05, 0.1) is 16.5 Å². The fraction of sp³-hybridized carbons (Fsp3) is 0.250. The van der Waals surface area contributed by atoms with Gasteiger partial charge >= 0.3 is 0 Å². The highest BCUT2D eigenvalue weighted by molar-refractivity contribution is 9.10. The van der Waals surface area contributed by atoms with Gasteiger partial charge in [-0.2, -0.15) is 5.26 Å². The van der Waals surface area contributed by atoms with Crippen LogP contribution in [-0.4, -0.2) is 18.3 Å². The smallest absolute Gasteiger partial charge is 0.157 e. The number of nitrogens with zero attached hydrogens (tertiary/aromatic N) is 2. The number of hydrogen-bond acceptors (Lipinski definition) is 4. The van der Waals surface area contributed by atoms with Gasteiger partial charge in [-0.05, 0) is 22.2 Å². The third-order valence-electron chi connectivity index (χ3n) is 1.46. The lowest BCUT2D eigenvalue weighted by molar-refractivity contribution is 0.401. The Balaban J connectivity index is 3.38. The SMILES string of the molecule is COc1c(Br)cnc(C#N)c1SC. The summed E-state index contributed by atoms with van der Waals surface area (Å²) in [5.74, 6) is 0.666. The van der Waals surface area contributed by atoms with Crippen molar-refractivity contribution in [3.05, 3.63) is 16.4 Å². The second-order valence-corrected chi connectivity index (χ2v) is 3.80. The van der Waals surface area contributed by atoms with Gasteiger partial charge in [0.1, 0.15) is 6.07 Å². The van der Waals surface area contributed by atoms with Crippen LogP contribution in [0.25, 0.3) is 0 Å². The van der Waals surface area contributed by atoms with E-state index < -0.39 is 0 Å². The van der Waals surface area contributed by atoms with E-state index >= 15 is 0 Å². The van der Waals surface area contributed by atoms with E-state index in [0.29, 0.717) is 11.4 Å². The monoisotopic (exact) mass is 258 g/mol. The zero-order chi connectivity index (χ0) is 9.84. The molecule has 3 nitrogen and oxygen atoms in total. The molecule has 0 fully saturated rings. The Hall–Kier alpha value is -0.730. The molecule has 0 aliphatic rings. The first-order valence-corrected chi connectivity index (χ1v) is 5.43. The Labute approximate surface area is 89.2 Å². The molecule has 5 heteroatoms. The van der Waals surface area contributed by atoms with Crippen molar-refractivity contribution < 1.29 is 4.74 Å². The second-order valence-electron chi connectivity index (χ2n) is 2.13. The van der Waals surface area contributed by atoms with Gasteiger partial charge in [0.15, 0.2) is 11.4 Å². The van der Waals surface area contributed by atoms with Crippen molar-refractivity contribution in [2.24, 2.45) is 0 Å². The lowest BCUT2D eigenvalue weighted by Crippen LogP contribution is -1.93. The summed E-state index contributed by atoms with van der Waals surface area (Å²) in [4.78, 5) is 4.73. The van der Waals surface area contributed by atoms with Gasteiger partial charge in [0.25, 0.3) is 0 Å². The van der Waals surface area contributed by atoms with Crippen LogP contribution in [0.5, 0.6) is 5.75 Å². The number of thioether (sulfide) groups is 1. The standard InChI is InChI=1S/C8H7BrN2OS/c1-12-7-5(9)4-11-6(3-10)8(7)13-2/h4H,1-2H3. The first-order chi connectivity index (χ1) is 6.24. The summed E-state index contributed by atoms with van der Waals surface area (Å²) in [5.41, 5.74) is 0.396. The maximum atomic E-state index is 8.76. The van der Waals surface area contributed by atoms with E-state index in [2.05, 4.69) is 20.9 Å². The summed E-state index contributed by atoms with van der Waals surface area (Å²) in [6, 6.07) is 2.02. The molecule has 0 amide bonds. The zero-order valence-corrected chi connectivity index (χ0v) is 9.57. The Bertz CT molecular complexity index is 362. The van der Waals surface area contributed by atoms with Crippen LogP contribution in [0.4, 0.5) is 0 Å². The van der Waals surface area contributed by atoms with Crippen molar-refractivity contribution >= 4 is 27.7 Å². The van der Waals surface area contributed by atoms with Crippen molar-refractivity contribution in [1.82, 2.24) is 4.98 Å². The maximum Gasteiger partial charge on any atom is 0.157 e. The van der Waals surface area contributed by atoms with Gasteiger partial charge in [-0.15, -0.1) is 11.8 Å². The highest BCUT2D eigenvalue weighted by atomic mass is 79.9. The summed E-state index contributed by atoms with van der Waals surface area (Å²) in [7, 11) is 1.57. The maximum absolute atomic E-state index is 8.76. The summed E-state index contributed by atoms with van der Waals surface area (Å²) in [6.07, 6.45) is 3.45. The van der Waals surface area contributed by atoms with Crippen LogP contribution in [0.2, 0.25) is 0 Å². The predicted octanol–water partition coefficient (Wildman–Crippen LogP) is 2.45. The molecule has 1 heterocycles. The molecule has 0 aliphatic carbocycles. The molecule has 0 radical (unpaired) electrons. The predicted molar refractivity (Wildman–Crippen MR) is 55.0 cm³/mol. The molecule has 1 aromatic rings. The van der Waals surface area contributed by atoms with E-state index in [1.165, 1.54) is 11.8 Å². The van der Waals surface area contributed by atoms with Crippen LogP contribution in [0.15, 0.2) is 15.6 Å². The van der Waals surface area contributed by atoms with Crippen LogP contribution < -0.4 is 4.74 Å². The Kier molecular flexibility index (Phi) is 3.58. The highest BCUT2D eigenvalue weighted by Gasteiger charge is 2.12. The number of nitriles is 1. The van der Waals surface area contributed by atoms with E-state index in [0.717, 1.165) is 9.37 Å². The summed E-state index contributed by atoms with van der Waals surface area (Å²) >= 11 is 4.75. The van der Waals surface area contributed by atoms with Crippen LogP contribution in [0.1, 0.15) is 5.69 Å². The van der Waals surface area contributed by atoms with Gasteiger partial charge in [-0.1, -0.05) is 0 Å². The minimum Gasteiger partial charge on any atom is -0.494 e. The number of ether oxygens (including phenoxy) is 1. The molecule has 0 atom stereocenters. The number of aromatic nitrogens is 1. The normalized spacial score (nSPS) is 9.38. The average Bonchev–Trinajstić information content (AvgIpc) is 2.17. The van der Waals surface area contributed by atoms with E-state index in [1.807, 2.05) is 12.3 Å². The van der Waals surface area contributed by atoms with Crippen molar-refractivity contribution in [2.75, 3.05) is 13.4 Å². The number of hydrogen-bond donors (Lipinski definition) is 0. The molecule has 68 valence electrons. The number of methoxy groups -OCH3 is 1. The van der Waals surface area contributed by atoms with Crippen molar-refractivity contribution in [3.63, 3.8) is 0 Å². The first-order valence-electron chi connectivity index (χ1n) is 3.41. The van der Waals surface area contributed by atoms with Crippen molar-refractivity contribution in [1.29, 1.82) is 5.26 Å². The molecular formula is C8H7BrN2OS. The lowest BCUT2D eigenvalue weighted by atomic mass is 10.3. The Morgan fingerprint density at radius 1 is 1.69 bits per heavy atom. The average molecular weight is 259 g/mol. The molecule has 0 N–H and O–H groups in total. The molecule has 13 heavy (non-hydrogen) atoms. The highest BCUT2D eigenvalue weighted by Crippen LogP contribution is 2.35. The molecule has 0 aliphatic heterocycles. The van der Waals surface area contributed by atoms with E-state index in [4.69, 9.17) is 10.00 Å². The van der Waals surface area contributed by atoms with Crippen molar-refractivity contribution in [3.8, 4) is 11.8 Å². The van der Waals surface area contributed by atoms with Gasteiger partial charge in [0, 0.05) is 6.20 Å². The van der Waals surface area contributed by atoms with Crippen LogP contribution in [0, 0.1) is 11.3 Å². The summed E-state index contributed by atoms with van der Waals surface area (Å²) in [6.45, 7) is 0. The molecule has 1 aromatic heterocycles. The van der Waals surface area contributed by atoms with Gasteiger partial charge < -0.3 is 4.74 Å². The molecule has 0 aromatic carbocycles. The molecule has 0 saturated carbocycles. The molecule has 0 spiro atoms. The van der Waals surface area contributed by atoms with E-state index in [1.54, 1.807) is 13.3 Å². The van der Waals surface area contributed by atoms with Crippen molar-refractivity contribution in [2.45, 2.75) is 4.90 Å². The van der Waals surface area contributed by atoms with Gasteiger partial charge in [-0.25, -0.2) is 4.98 Å². The van der Waals surface area contributed by atoms with E-state index in [-0.39, 0.29) is 0 Å². The fourth-order valence-corrected chi connectivity index (χ4v) is 2.18. The largest absolute Gasteiger partial charge is 0.494 e. The third-order valence-corrected chi connectivity index (χ3v) is 2.81. The Morgan fingerprint density at radius 3 is 2.85 bits per heavy atom. The van der Waals surface area contributed by atoms with Crippen LogP contribution in [-0.2, 0) is 0 Å². The second kappa shape index (κ2) is 4.49. The fourth-order valence-electron chi connectivity index (χ4n) is 0.914. The minimum absolute atomic E-state index is 0.396. The summed E-state index contributed by atoms with van der Waals surface area (Å²) in [5, 5.41) is 8.76. The molecule has 0 bridgehead atoms. The number of rotatable bonds is 2. The summed E-state index contributed by atoms with van der Waals surface area (Å²) < 4.78 is 5.91. The first kappa shape index (κ1) is 10.4. The lowest BCUT2D eigenvalue weighted by Gasteiger charge is -2.08. The third kappa shape index (κ3) is 1.95. The zero-order valence-electron chi connectivity index (χ0n) is 7.17.